The second-order valence-electron chi connectivity index (χ2n) is 4.49. The first-order valence-corrected chi connectivity index (χ1v) is 6.31. The number of ether oxygens (including phenoxy) is 2. The minimum Gasteiger partial charge on any atom is -0.497 e. The molecule has 0 aliphatic rings. The van der Waals surface area contributed by atoms with E-state index in [1.807, 2.05) is 19.1 Å². The van der Waals surface area contributed by atoms with E-state index in [1.54, 1.807) is 38.6 Å². The molecule has 0 unspecified atom stereocenters. The maximum atomic E-state index is 12.4. The molecule has 4 heteroatoms. The predicted molar refractivity (Wildman–Crippen MR) is 76.6 cm³/mol. The van der Waals surface area contributed by atoms with Crippen molar-refractivity contribution in [3.63, 3.8) is 0 Å². The van der Waals surface area contributed by atoms with E-state index in [9.17, 15) is 4.79 Å². The normalized spacial score (nSPS) is 10.2. The molecule has 0 aliphatic heterocycles. The van der Waals surface area contributed by atoms with Crippen LogP contribution in [0.4, 0.5) is 0 Å². The van der Waals surface area contributed by atoms with E-state index in [1.165, 1.54) is 0 Å². The van der Waals surface area contributed by atoms with Gasteiger partial charge in [-0.05, 0) is 36.8 Å². The summed E-state index contributed by atoms with van der Waals surface area (Å²) in [5.41, 5.74) is 2.32. The van der Waals surface area contributed by atoms with Gasteiger partial charge in [0.05, 0.1) is 26.2 Å². The minimum absolute atomic E-state index is 0.0443. The van der Waals surface area contributed by atoms with Crippen molar-refractivity contribution in [3.05, 3.63) is 53.3 Å². The molecule has 0 spiro atoms. The molecule has 0 radical (unpaired) electrons. The zero-order chi connectivity index (χ0) is 14.5. The fraction of sp³-hybridized carbons (Fsp3) is 0.250. The standard InChI is InChI=1S/C16H17NO3/c1-11-4-5-12(17-10-11)8-15(18)14-9-13(19-2)6-7-16(14)20-3/h4-7,9-10H,8H2,1-3H3. The van der Waals surface area contributed by atoms with Gasteiger partial charge in [0.1, 0.15) is 11.5 Å². The Morgan fingerprint density at radius 1 is 1.15 bits per heavy atom. The molecule has 0 amide bonds. The second-order valence-corrected chi connectivity index (χ2v) is 4.49. The van der Waals surface area contributed by atoms with Gasteiger partial charge in [-0.3, -0.25) is 9.78 Å². The molecule has 2 aromatic rings. The lowest BCUT2D eigenvalue weighted by Crippen LogP contribution is -2.07. The molecule has 0 saturated carbocycles. The number of methoxy groups -OCH3 is 2. The van der Waals surface area contributed by atoms with Gasteiger partial charge in [0.25, 0.3) is 0 Å². The number of aryl methyl sites for hydroxylation is 1. The fourth-order valence-corrected chi connectivity index (χ4v) is 1.89. The van der Waals surface area contributed by atoms with Gasteiger partial charge in [-0.1, -0.05) is 6.07 Å². The Kier molecular flexibility index (Phi) is 4.35. The molecule has 0 bridgehead atoms. The summed E-state index contributed by atoms with van der Waals surface area (Å²) < 4.78 is 10.4. The first-order valence-electron chi connectivity index (χ1n) is 6.31. The summed E-state index contributed by atoms with van der Waals surface area (Å²) in [6.45, 7) is 1.96. The van der Waals surface area contributed by atoms with Crippen molar-refractivity contribution in [1.29, 1.82) is 0 Å². The highest BCUT2D eigenvalue weighted by Gasteiger charge is 2.14. The van der Waals surface area contributed by atoms with E-state index in [2.05, 4.69) is 4.98 Å². The number of Topliss-reactive ketones (excluding diaryl/α,β-unsaturated/α-hetero) is 1. The predicted octanol–water partition coefficient (Wildman–Crippen LogP) is 2.83. The van der Waals surface area contributed by atoms with Crippen molar-refractivity contribution >= 4 is 5.78 Å². The summed E-state index contributed by atoms with van der Waals surface area (Å²) in [6, 6.07) is 8.99. The van der Waals surface area contributed by atoms with Crippen LogP contribution in [-0.2, 0) is 6.42 Å². The van der Waals surface area contributed by atoms with Crippen molar-refractivity contribution in [3.8, 4) is 11.5 Å². The molecule has 0 aliphatic carbocycles. The molecule has 0 fully saturated rings. The largest absolute Gasteiger partial charge is 0.497 e. The zero-order valence-corrected chi connectivity index (χ0v) is 11.8. The van der Waals surface area contributed by atoms with Crippen LogP contribution < -0.4 is 9.47 Å². The third-order valence-corrected chi connectivity index (χ3v) is 3.02. The highest BCUT2D eigenvalue weighted by Crippen LogP contribution is 2.25. The molecular weight excluding hydrogens is 254 g/mol. The zero-order valence-electron chi connectivity index (χ0n) is 11.8. The highest BCUT2D eigenvalue weighted by molar-refractivity contribution is 6.00. The summed E-state index contributed by atoms with van der Waals surface area (Å²) in [5.74, 6) is 1.13. The first-order chi connectivity index (χ1) is 9.63. The van der Waals surface area contributed by atoms with Crippen molar-refractivity contribution in [2.75, 3.05) is 14.2 Å². The summed E-state index contributed by atoms with van der Waals surface area (Å²) in [5, 5.41) is 0. The molecule has 1 aromatic heterocycles. The fourth-order valence-electron chi connectivity index (χ4n) is 1.89. The van der Waals surface area contributed by atoms with Gasteiger partial charge in [-0.2, -0.15) is 0 Å². The molecule has 20 heavy (non-hydrogen) atoms. The molecule has 1 heterocycles. The molecule has 104 valence electrons. The summed E-state index contributed by atoms with van der Waals surface area (Å²) in [6.07, 6.45) is 2.00. The van der Waals surface area contributed by atoms with E-state index >= 15 is 0 Å². The van der Waals surface area contributed by atoms with Crippen LogP contribution in [0.5, 0.6) is 11.5 Å². The Balaban J connectivity index is 2.25. The Morgan fingerprint density at radius 2 is 1.95 bits per heavy atom. The molecule has 4 nitrogen and oxygen atoms in total. The Morgan fingerprint density at radius 3 is 2.55 bits per heavy atom. The number of pyridine rings is 1. The van der Waals surface area contributed by atoms with Crippen LogP contribution in [0.2, 0.25) is 0 Å². The SMILES string of the molecule is COc1ccc(OC)c(C(=O)Cc2ccc(C)cn2)c1. The maximum absolute atomic E-state index is 12.4. The first kappa shape index (κ1) is 14.1. The lowest BCUT2D eigenvalue weighted by Gasteiger charge is -2.09. The summed E-state index contributed by atoms with van der Waals surface area (Å²) in [4.78, 5) is 16.6. The molecule has 0 saturated heterocycles. The third kappa shape index (κ3) is 3.15. The van der Waals surface area contributed by atoms with Crippen molar-refractivity contribution in [2.24, 2.45) is 0 Å². The van der Waals surface area contributed by atoms with Crippen LogP contribution in [-0.4, -0.2) is 25.0 Å². The lowest BCUT2D eigenvalue weighted by atomic mass is 10.0. The maximum Gasteiger partial charge on any atom is 0.172 e. The average molecular weight is 271 g/mol. The van der Waals surface area contributed by atoms with Gasteiger partial charge in [0.2, 0.25) is 0 Å². The molecular formula is C16H17NO3. The summed E-state index contributed by atoms with van der Waals surface area (Å²) >= 11 is 0. The topological polar surface area (TPSA) is 48.4 Å². The lowest BCUT2D eigenvalue weighted by molar-refractivity contribution is 0.0988. The van der Waals surface area contributed by atoms with Crippen LogP contribution in [0, 0.1) is 6.92 Å². The number of hydrogen-bond acceptors (Lipinski definition) is 4. The Hall–Kier alpha value is -2.36. The van der Waals surface area contributed by atoms with Crippen LogP contribution in [0.15, 0.2) is 36.5 Å². The number of rotatable bonds is 5. The number of aromatic nitrogens is 1. The number of carbonyl (C=O) groups is 1. The quantitative estimate of drug-likeness (QED) is 0.785. The number of benzene rings is 1. The van der Waals surface area contributed by atoms with E-state index in [4.69, 9.17) is 9.47 Å². The minimum atomic E-state index is -0.0443. The van der Waals surface area contributed by atoms with Crippen LogP contribution in [0.1, 0.15) is 21.6 Å². The third-order valence-electron chi connectivity index (χ3n) is 3.02. The monoisotopic (exact) mass is 271 g/mol. The van der Waals surface area contributed by atoms with Gasteiger partial charge >= 0.3 is 0 Å². The average Bonchev–Trinajstić information content (AvgIpc) is 2.48. The van der Waals surface area contributed by atoms with Crippen LogP contribution in [0.3, 0.4) is 0 Å². The van der Waals surface area contributed by atoms with Gasteiger partial charge < -0.3 is 9.47 Å². The van der Waals surface area contributed by atoms with Crippen molar-refractivity contribution < 1.29 is 14.3 Å². The van der Waals surface area contributed by atoms with Crippen LogP contribution >= 0.6 is 0 Å². The number of ketones is 1. The molecule has 2 rings (SSSR count). The van der Waals surface area contributed by atoms with Gasteiger partial charge in [0.15, 0.2) is 5.78 Å². The smallest absolute Gasteiger partial charge is 0.172 e. The number of nitrogens with zero attached hydrogens (tertiary/aromatic N) is 1. The number of hydrogen-bond donors (Lipinski definition) is 0. The second kappa shape index (κ2) is 6.19. The molecule has 1 aromatic carbocycles. The van der Waals surface area contributed by atoms with E-state index in [-0.39, 0.29) is 12.2 Å². The summed E-state index contributed by atoms with van der Waals surface area (Å²) in [7, 11) is 3.11. The molecule has 0 atom stereocenters. The van der Waals surface area contributed by atoms with E-state index < -0.39 is 0 Å². The Labute approximate surface area is 118 Å². The van der Waals surface area contributed by atoms with Crippen molar-refractivity contribution in [2.45, 2.75) is 13.3 Å². The molecule has 0 N–H and O–H groups in total. The highest BCUT2D eigenvalue weighted by atomic mass is 16.5. The Bertz CT molecular complexity index is 606. The van der Waals surface area contributed by atoms with Gasteiger partial charge in [0, 0.05) is 11.9 Å². The van der Waals surface area contributed by atoms with Gasteiger partial charge in [-0.25, -0.2) is 0 Å². The van der Waals surface area contributed by atoms with E-state index in [0.717, 1.165) is 11.3 Å². The number of carbonyl (C=O) groups excluding carboxylic acids is 1. The van der Waals surface area contributed by atoms with E-state index in [0.29, 0.717) is 17.1 Å². The van der Waals surface area contributed by atoms with Crippen LogP contribution in [0.25, 0.3) is 0 Å². The van der Waals surface area contributed by atoms with Crippen molar-refractivity contribution in [1.82, 2.24) is 4.98 Å². The van der Waals surface area contributed by atoms with Gasteiger partial charge in [-0.15, -0.1) is 0 Å².